The van der Waals surface area contributed by atoms with E-state index in [-0.39, 0.29) is 5.15 Å². The Morgan fingerprint density at radius 1 is 1.44 bits per heavy atom. The van der Waals surface area contributed by atoms with Gasteiger partial charge >= 0.3 is 10.2 Å². The number of hydrogen-bond donors (Lipinski definition) is 1. The van der Waals surface area contributed by atoms with Crippen molar-refractivity contribution in [2.24, 2.45) is 5.92 Å². The van der Waals surface area contributed by atoms with E-state index in [1.54, 1.807) is 12.1 Å². The molecule has 18 heavy (non-hydrogen) atoms. The molecule has 0 amide bonds. The largest absolute Gasteiger partial charge is 0.301 e. The maximum atomic E-state index is 12.1. The monoisotopic (exact) mass is 289 g/mol. The summed E-state index contributed by atoms with van der Waals surface area (Å²) in [5.41, 5.74) is 0.317. The van der Waals surface area contributed by atoms with Crippen molar-refractivity contribution in [3.63, 3.8) is 0 Å². The lowest BCUT2D eigenvalue weighted by Gasteiger charge is -2.29. The standard InChI is InChI=1S/C11H16ClN3O2S/c1-9-4-7-15(8-5-9)18(16,17)14-10-3-2-6-13-11(10)12/h2-3,6,9,14H,4-5,7-8H2,1H3. The molecule has 1 saturated heterocycles. The van der Waals surface area contributed by atoms with E-state index >= 15 is 0 Å². The summed E-state index contributed by atoms with van der Waals surface area (Å²) in [5.74, 6) is 0.582. The van der Waals surface area contributed by atoms with Gasteiger partial charge in [-0.2, -0.15) is 12.7 Å². The number of hydrogen-bond acceptors (Lipinski definition) is 3. The van der Waals surface area contributed by atoms with Crippen molar-refractivity contribution in [1.82, 2.24) is 9.29 Å². The minimum atomic E-state index is -3.52. The van der Waals surface area contributed by atoms with E-state index in [1.165, 1.54) is 10.5 Å². The van der Waals surface area contributed by atoms with E-state index < -0.39 is 10.2 Å². The van der Waals surface area contributed by atoms with Gasteiger partial charge in [-0.15, -0.1) is 0 Å². The third-order valence-electron chi connectivity index (χ3n) is 3.08. The zero-order valence-electron chi connectivity index (χ0n) is 10.1. The number of pyridine rings is 1. The lowest BCUT2D eigenvalue weighted by atomic mass is 10.0. The summed E-state index contributed by atoms with van der Waals surface area (Å²) in [7, 11) is -3.52. The highest BCUT2D eigenvalue weighted by Crippen LogP contribution is 2.23. The van der Waals surface area contributed by atoms with E-state index in [4.69, 9.17) is 11.6 Å². The first-order valence-corrected chi connectivity index (χ1v) is 7.69. The molecule has 2 heterocycles. The smallest absolute Gasteiger partial charge is 0.268 e. The van der Waals surface area contributed by atoms with Crippen LogP contribution in [0.4, 0.5) is 5.69 Å². The molecule has 0 saturated carbocycles. The Bertz CT molecular complexity index is 513. The van der Waals surface area contributed by atoms with Crippen LogP contribution in [0.25, 0.3) is 0 Å². The van der Waals surface area contributed by atoms with Crippen LogP contribution in [0.15, 0.2) is 18.3 Å². The normalized spacial score (nSPS) is 18.8. The van der Waals surface area contributed by atoms with Crippen molar-refractivity contribution >= 4 is 27.5 Å². The molecule has 1 aromatic heterocycles. The van der Waals surface area contributed by atoms with Crippen molar-refractivity contribution in [2.45, 2.75) is 19.8 Å². The van der Waals surface area contributed by atoms with Crippen LogP contribution in [0.1, 0.15) is 19.8 Å². The van der Waals surface area contributed by atoms with E-state index in [9.17, 15) is 8.42 Å². The Kier molecular flexibility index (Phi) is 4.09. The van der Waals surface area contributed by atoms with Gasteiger partial charge in [0.15, 0.2) is 5.15 Å². The van der Waals surface area contributed by atoms with Crippen molar-refractivity contribution in [1.29, 1.82) is 0 Å². The molecule has 0 bridgehead atoms. The van der Waals surface area contributed by atoms with Gasteiger partial charge < -0.3 is 0 Å². The zero-order chi connectivity index (χ0) is 13.2. The molecule has 1 aliphatic heterocycles. The number of nitrogens with zero attached hydrogens (tertiary/aromatic N) is 2. The predicted molar refractivity (Wildman–Crippen MR) is 71.8 cm³/mol. The van der Waals surface area contributed by atoms with E-state index in [0.29, 0.717) is 24.7 Å². The number of halogens is 1. The first-order valence-electron chi connectivity index (χ1n) is 5.87. The molecule has 0 aliphatic carbocycles. The van der Waals surface area contributed by atoms with Gasteiger partial charge in [0.25, 0.3) is 0 Å². The third kappa shape index (κ3) is 3.13. The van der Waals surface area contributed by atoms with Crippen LogP contribution in [-0.2, 0) is 10.2 Å². The quantitative estimate of drug-likeness (QED) is 0.867. The number of piperidine rings is 1. The Morgan fingerprint density at radius 3 is 2.72 bits per heavy atom. The highest BCUT2D eigenvalue weighted by molar-refractivity contribution is 7.90. The molecule has 1 N–H and O–H groups in total. The van der Waals surface area contributed by atoms with Gasteiger partial charge in [0.1, 0.15) is 0 Å². The molecule has 0 unspecified atom stereocenters. The summed E-state index contributed by atoms with van der Waals surface area (Å²) in [5, 5.41) is 0.159. The van der Waals surface area contributed by atoms with Crippen LogP contribution in [0.2, 0.25) is 5.15 Å². The Labute approximate surface area is 112 Å². The molecule has 0 spiro atoms. The SMILES string of the molecule is CC1CCN(S(=O)(=O)Nc2cccnc2Cl)CC1. The van der Waals surface area contributed by atoms with Crippen molar-refractivity contribution in [3.8, 4) is 0 Å². The molecule has 1 fully saturated rings. The molecule has 1 aromatic rings. The van der Waals surface area contributed by atoms with Crippen molar-refractivity contribution in [2.75, 3.05) is 17.8 Å². The van der Waals surface area contributed by atoms with Gasteiger partial charge in [-0.05, 0) is 30.9 Å². The average molecular weight is 290 g/mol. The second-order valence-corrected chi connectivity index (χ2v) is 6.56. The van der Waals surface area contributed by atoms with Crippen LogP contribution < -0.4 is 4.72 Å². The second-order valence-electron chi connectivity index (χ2n) is 4.53. The average Bonchev–Trinajstić information content (AvgIpc) is 2.32. The van der Waals surface area contributed by atoms with Gasteiger partial charge in [0, 0.05) is 19.3 Å². The molecular formula is C11H16ClN3O2S. The minimum Gasteiger partial charge on any atom is -0.268 e. The number of anilines is 1. The van der Waals surface area contributed by atoms with Crippen LogP contribution in [0, 0.1) is 5.92 Å². The fraction of sp³-hybridized carbons (Fsp3) is 0.545. The summed E-state index contributed by atoms with van der Waals surface area (Å²) in [6.45, 7) is 3.23. The number of rotatable bonds is 3. The molecule has 0 radical (unpaired) electrons. The van der Waals surface area contributed by atoms with Crippen LogP contribution in [0.3, 0.4) is 0 Å². The van der Waals surface area contributed by atoms with E-state index in [2.05, 4.69) is 16.6 Å². The molecule has 5 nitrogen and oxygen atoms in total. The second kappa shape index (κ2) is 5.42. The minimum absolute atomic E-state index is 0.159. The fourth-order valence-corrected chi connectivity index (χ4v) is 3.38. The highest BCUT2D eigenvalue weighted by Gasteiger charge is 2.26. The summed E-state index contributed by atoms with van der Waals surface area (Å²) in [4.78, 5) is 3.84. The van der Waals surface area contributed by atoms with E-state index in [0.717, 1.165) is 12.8 Å². The molecule has 0 atom stereocenters. The highest BCUT2D eigenvalue weighted by atomic mass is 35.5. The topological polar surface area (TPSA) is 62.3 Å². The molecule has 2 rings (SSSR count). The predicted octanol–water partition coefficient (Wildman–Crippen LogP) is 2.12. The van der Waals surface area contributed by atoms with Gasteiger partial charge in [0.05, 0.1) is 5.69 Å². The zero-order valence-corrected chi connectivity index (χ0v) is 11.7. The fourth-order valence-electron chi connectivity index (χ4n) is 1.89. The Hall–Kier alpha value is -0.850. The molecule has 1 aliphatic rings. The summed E-state index contributed by atoms with van der Waals surface area (Å²) in [6, 6.07) is 3.24. The molecule has 7 heteroatoms. The van der Waals surface area contributed by atoms with Crippen molar-refractivity contribution < 1.29 is 8.42 Å². The van der Waals surface area contributed by atoms with Gasteiger partial charge in [0.2, 0.25) is 0 Å². The van der Waals surface area contributed by atoms with Crippen LogP contribution in [0.5, 0.6) is 0 Å². The van der Waals surface area contributed by atoms with E-state index in [1.807, 2.05) is 0 Å². The van der Waals surface area contributed by atoms with Crippen molar-refractivity contribution in [3.05, 3.63) is 23.5 Å². The first kappa shape index (κ1) is 13.6. The van der Waals surface area contributed by atoms with Crippen LogP contribution in [-0.4, -0.2) is 30.8 Å². The first-order chi connectivity index (χ1) is 8.49. The van der Waals surface area contributed by atoms with Crippen LogP contribution >= 0.6 is 11.6 Å². The summed E-state index contributed by atoms with van der Waals surface area (Å²) < 4.78 is 28.2. The lowest BCUT2D eigenvalue weighted by Crippen LogP contribution is -2.41. The van der Waals surface area contributed by atoms with Gasteiger partial charge in [-0.3, -0.25) is 4.72 Å². The maximum Gasteiger partial charge on any atom is 0.301 e. The lowest BCUT2D eigenvalue weighted by molar-refractivity contribution is 0.289. The molecule has 100 valence electrons. The third-order valence-corrected chi connectivity index (χ3v) is 4.90. The summed E-state index contributed by atoms with van der Waals surface area (Å²) in [6.07, 6.45) is 3.30. The maximum absolute atomic E-state index is 12.1. The van der Waals surface area contributed by atoms with Gasteiger partial charge in [-0.1, -0.05) is 18.5 Å². The number of aromatic nitrogens is 1. The molecular weight excluding hydrogens is 274 g/mol. The Balaban J connectivity index is 2.10. The molecule has 0 aromatic carbocycles. The summed E-state index contributed by atoms with van der Waals surface area (Å²) >= 11 is 5.84. The number of nitrogens with one attached hydrogen (secondary N) is 1. The van der Waals surface area contributed by atoms with Gasteiger partial charge in [-0.25, -0.2) is 4.98 Å². The Morgan fingerprint density at radius 2 is 2.11 bits per heavy atom.